The van der Waals surface area contributed by atoms with Crippen molar-refractivity contribution in [1.82, 2.24) is 15.5 Å². The average molecular weight is 520 g/mol. The van der Waals surface area contributed by atoms with E-state index in [0.717, 1.165) is 5.56 Å². The number of likely N-dealkylation sites (tertiary alicyclic amines) is 1. The van der Waals surface area contributed by atoms with Crippen molar-refractivity contribution in [3.05, 3.63) is 35.9 Å². The second-order valence-corrected chi connectivity index (χ2v) is 11.0. The summed E-state index contributed by atoms with van der Waals surface area (Å²) in [6, 6.07) is 5.44. The normalized spacial score (nSPS) is 17.0. The molecule has 0 saturated carbocycles. The molecule has 0 radical (unpaired) electrons. The van der Waals surface area contributed by atoms with Crippen LogP contribution in [0, 0.1) is 5.41 Å². The molecule has 1 aliphatic heterocycles. The van der Waals surface area contributed by atoms with Crippen molar-refractivity contribution in [3.63, 3.8) is 0 Å². The van der Waals surface area contributed by atoms with Gasteiger partial charge in [0.05, 0.1) is 6.42 Å². The number of aliphatic carboxylic acids is 1. The zero-order valence-electron chi connectivity index (χ0n) is 22.2. The molecule has 0 aromatic heterocycles. The van der Waals surface area contributed by atoms with Crippen LogP contribution in [0.25, 0.3) is 0 Å². The lowest BCUT2D eigenvalue weighted by molar-refractivity contribution is -0.160. The zero-order chi connectivity index (χ0) is 28.0. The van der Waals surface area contributed by atoms with E-state index in [0.29, 0.717) is 6.42 Å². The Bertz CT molecular complexity index is 997. The minimum absolute atomic E-state index is 0.0535. The number of hydrogen-bond donors (Lipinski definition) is 3. The van der Waals surface area contributed by atoms with Crippen molar-refractivity contribution in [2.75, 3.05) is 6.54 Å². The van der Waals surface area contributed by atoms with Crippen LogP contribution in [0.3, 0.4) is 0 Å². The first-order valence-corrected chi connectivity index (χ1v) is 12.1. The number of ether oxygens (including phenoxy) is 2. The third kappa shape index (κ3) is 9.07. The highest BCUT2D eigenvalue weighted by Crippen LogP contribution is 2.26. The van der Waals surface area contributed by atoms with Gasteiger partial charge in [0.15, 0.2) is 0 Å². The maximum Gasteiger partial charge on any atom is 0.408 e. The summed E-state index contributed by atoms with van der Waals surface area (Å²) in [6.45, 7) is 10.4. The Labute approximate surface area is 216 Å². The third-order valence-corrected chi connectivity index (χ3v) is 5.60. The molecule has 0 aliphatic carbocycles. The molecule has 1 aromatic carbocycles. The van der Waals surface area contributed by atoms with Gasteiger partial charge in [-0.3, -0.25) is 14.4 Å². The van der Waals surface area contributed by atoms with Gasteiger partial charge >= 0.3 is 18.0 Å². The lowest BCUT2D eigenvalue weighted by Crippen LogP contribution is -2.64. The summed E-state index contributed by atoms with van der Waals surface area (Å²) >= 11 is 0. The fraction of sp³-hybridized carbons (Fsp3) is 0.577. The number of esters is 1. The molecule has 3 N–H and O–H groups in total. The number of alkyl carbamates (subject to hydrolysis) is 1. The molecular weight excluding hydrogens is 482 g/mol. The highest BCUT2D eigenvalue weighted by Gasteiger charge is 2.44. The number of carbonyl (C=O) groups excluding carboxylic acids is 4. The summed E-state index contributed by atoms with van der Waals surface area (Å²) in [5, 5.41) is 14.3. The number of carbonyl (C=O) groups is 5. The van der Waals surface area contributed by atoms with E-state index in [2.05, 4.69) is 10.6 Å². The summed E-state index contributed by atoms with van der Waals surface area (Å²) < 4.78 is 10.5. The number of nitrogens with one attached hydrogen (secondary N) is 2. The summed E-state index contributed by atoms with van der Waals surface area (Å²) in [6.07, 6.45) is -1.11. The number of amides is 3. The molecule has 1 fully saturated rings. The van der Waals surface area contributed by atoms with Crippen LogP contribution in [-0.2, 0) is 35.3 Å². The van der Waals surface area contributed by atoms with Gasteiger partial charge in [-0.25, -0.2) is 9.59 Å². The van der Waals surface area contributed by atoms with Crippen LogP contribution < -0.4 is 10.6 Å². The smallest absolute Gasteiger partial charge is 0.408 e. The van der Waals surface area contributed by atoms with Crippen molar-refractivity contribution in [3.8, 4) is 0 Å². The van der Waals surface area contributed by atoms with Crippen LogP contribution in [-0.4, -0.2) is 70.1 Å². The molecule has 1 unspecified atom stereocenters. The van der Waals surface area contributed by atoms with Crippen LogP contribution in [0.2, 0.25) is 0 Å². The predicted octanol–water partition coefficient (Wildman–Crippen LogP) is 2.23. The Morgan fingerprint density at radius 3 is 2.14 bits per heavy atom. The molecule has 1 saturated heterocycles. The first-order valence-electron chi connectivity index (χ1n) is 12.1. The quantitative estimate of drug-likeness (QED) is 0.420. The number of benzene rings is 1. The third-order valence-electron chi connectivity index (χ3n) is 5.60. The fourth-order valence-corrected chi connectivity index (χ4v) is 3.63. The van der Waals surface area contributed by atoms with E-state index in [4.69, 9.17) is 9.47 Å². The molecule has 1 aromatic rings. The first kappa shape index (κ1) is 29.6. The second kappa shape index (κ2) is 12.1. The lowest BCUT2D eigenvalue weighted by atomic mass is 9.84. The maximum atomic E-state index is 13.3. The monoisotopic (exact) mass is 519 g/mol. The lowest BCUT2D eigenvalue weighted by Gasteiger charge is -2.43. The summed E-state index contributed by atoms with van der Waals surface area (Å²) in [5.41, 5.74) is -0.888. The SMILES string of the molecule is CC(C)(C)OC(=O)C[C@H](NC(=O)OCc1ccccc1)C(=O)NC(C(=O)N1CC[C@@H]1C(=O)O)C(C)(C)C. The Morgan fingerprint density at radius 1 is 1.03 bits per heavy atom. The molecule has 3 amide bonds. The van der Waals surface area contributed by atoms with E-state index >= 15 is 0 Å². The van der Waals surface area contributed by atoms with Crippen molar-refractivity contribution in [2.24, 2.45) is 5.41 Å². The van der Waals surface area contributed by atoms with Gasteiger partial charge in [-0.05, 0) is 38.2 Å². The standard InChI is InChI=1S/C26H37N3O8/c1-25(2,3)20(22(32)29-13-12-18(29)23(33)34)28-21(31)17(14-19(30)37-26(4,5)6)27-24(35)36-15-16-10-8-7-9-11-16/h7-11,17-18,20H,12-15H2,1-6H3,(H,27,35)(H,28,31)(H,33,34)/t17-,18+,20?/m0/s1. The fourth-order valence-electron chi connectivity index (χ4n) is 3.63. The first-order chi connectivity index (χ1) is 17.1. The average Bonchev–Trinajstić information content (AvgIpc) is 2.72. The molecule has 1 aliphatic rings. The van der Waals surface area contributed by atoms with Gasteiger partial charge in [-0.1, -0.05) is 51.1 Å². The van der Waals surface area contributed by atoms with Crippen molar-refractivity contribution < 1.29 is 38.6 Å². The Hall–Kier alpha value is -3.63. The minimum Gasteiger partial charge on any atom is -0.480 e. The molecule has 11 nitrogen and oxygen atoms in total. The van der Waals surface area contributed by atoms with Crippen LogP contribution in [0.5, 0.6) is 0 Å². The summed E-state index contributed by atoms with van der Waals surface area (Å²) in [4.78, 5) is 64.1. The minimum atomic E-state index is -1.40. The molecule has 37 heavy (non-hydrogen) atoms. The van der Waals surface area contributed by atoms with E-state index < -0.39 is 65.4 Å². The van der Waals surface area contributed by atoms with Crippen LogP contribution in [0.15, 0.2) is 30.3 Å². The highest BCUT2D eigenvalue weighted by atomic mass is 16.6. The second-order valence-electron chi connectivity index (χ2n) is 11.0. The van der Waals surface area contributed by atoms with Gasteiger partial charge in [0, 0.05) is 6.54 Å². The topological polar surface area (TPSA) is 151 Å². The molecular formula is C26H37N3O8. The van der Waals surface area contributed by atoms with Gasteiger partial charge in [-0.2, -0.15) is 0 Å². The number of nitrogens with zero attached hydrogens (tertiary/aromatic N) is 1. The van der Waals surface area contributed by atoms with E-state index in [9.17, 15) is 29.1 Å². The van der Waals surface area contributed by atoms with Crippen LogP contribution in [0.1, 0.15) is 59.9 Å². The molecule has 2 rings (SSSR count). The van der Waals surface area contributed by atoms with Crippen molar-refractivity contribution in [1.29, 1.82) is 0 Å². The van der Waals surface area contributed by atoms with E-state index in [1.807, 2.05) is 6.07 Å². The molecule has 0 bridgehead atoms. The van der Waals surface area contributed by atoms with Crippen molar-refractivity contribution in [2.45, 2.75) is 84.7 Å². The van der Waals surface area contributed by atoms with Crippen LogP contribution in [0.4, 0.5) is 4.79 Å². The van der Waals surface area contributed by atoms with E-state index in [-0.39, 0.29) is 13.2 Å². The zero-order valence-corrected chi connectivity index (χ0v) is 22.2. The molecule has 3 atom stereocenters. The number of hydrogen-bond acceptors (Lipinski definition) is 7. The Morgan fingerprint density at radius 2 is 1.65 bits per heavy atom. The number of carboxylic acid groups (broad SMARTS) is 1. The van der Waals surface area contributed by atoms with Gasteiger partial charge < -0.3 is 30.1 Å². The van der Waals surface area contributed by atoms with Gasteiger partial charge in [0.1, 0.15) is 30.3 Å². The Kier molecular flexibility index (Phi) is 9.66. The number of rotatable bonds is 9. The Balaban J connectivity index is 2.17. The van der Waals surface area contributed by atoms with Gasteiger partial charge in [-0.15, -0.1) is 0 Å². The molecule has 0 spiro atoms. The van der Waals surface area contributed by atoms with Crippen molar-refractivity contribution >= 4 is 29.8 Å². The van der Waals surface area contributed by atoms with Crippen LogP contribution >= 0.6 is 0 Å². The predicted molar refractivity (Wildman–Crippen MR) is 133 cm³/mol. The van der Waals surface area contributed by atoms with E-state index in [1.54, 1.807) is 65.8 Å². The molecule has 11 heteroatoms. The summed E-state index contributed by atoms with van der Waals surface area (Å²) in [5.74, 6) is -3.21. The summed E-state index contributed by atoms with van der Waals surface area (Å²) in [7, 11) is 0. The molecule has 1 heterocycles. The van der Waals surface area contributed by atoms with E-state index in [1.165, 1.54) is 4.90 Å². The van der Waals surface area contributed by atoms with Gasteiger partial charge in [0.25, 0.3) is 0 Å². The van der Waals surface area contributed by atoms with Gasteiger partial charge in [0.2, 0.25) is 11.8 Å². The molecule has 204 valence electrons. The highest BCUT2D eigenvalue weighted by molar-refractivity contribution is 5.95. The maximum absolute atomic E-state index is 13.3. The number of carboxylic acids is 1. The largest absolute Gasteiger partial charge is 0.480 e.